The van der Waals surface area contributed by atoms with Crippen LogP contribution in [0.25, 0.3) is 0 Å². The summed E-state index contributed by atoms with van der Waals surface area (Å²) in [5, 5.41) is 3.18. The van der Waals surface area contributed by atoms with Crippen molar-refractivity contribution in [2.45, 2.75) is 76.5 Å². The molecule has 3 fully saturated rings. The molecular formula is C37H47ClN4O5S. The summed E-state index contributed by atoms with van der Waals surface area (Å²) in [6.07, 6.45) is 9.58. The number of piperazine rings is 1. The predicted molar refractivity (Wildman–Crippen MR) is 191 cm³/mol. The van der Waals surface area contributed by atoms with Crippen molar-refractivity contribution in [3.63, 3.8) is 0 Å². The smallest absolute Gasteiger partial charge is 0.246 e. The van der Waals surface area contributed by atoms with Crippen LogP contribution in [0.15, 0.2) is 78.9 Å². The summed E-state index contributed by atoms with van der Waals surface area (Å²) in [4.78, 5) is 32.0. The van der Waals surface area contributed by atoms with E-state index in [-0.39, 0.29) is 30.1 Å². The summed E-state index contributed by atoms with van der Waals surface area (Å²) in [6, 6.07) is 24.0. The number of hydrogen-bond acceptors (Lipinski definition) is 6. The lowest BCUT2D eigenvalue weighted by molar-refractivity contribution is -0.154. The maximum absolute atomic E-state index is 14.0. The first-order valence-electron chi connectivity index (χ1n) is 16.9. The molecule has 2 atom stereocenters. The van der Waals surface area contributed by atoms with E-state index in [1.165, 1.54) is 24.8 Å². The minimum absolute atomic E-state index is 0. The molecule has 9 nitrogen and oxygen atoms in total. The number of ether oxygens (including phenoxy) is 1. The lowest BCUT2D eigenvalue weighted by Gasteiger charge is -2.45. The van der Waals surface area contributed by atoms with Crippen molar-refractivity contribution >= 4 is 39.9 Å². The molecule has 6 rings (SSSR count). The van der Waals surface area contributed by atoms with Gasteiger partial charge < -0.3 is 15.0 Å². The van der Waals surface area contributed by atoms with E-state index in [2.05, 4.69) is 27.1 Å². The number of nitrogens with zero attached hydrogens (tertiary/aromatic N) is 2. The van der Waals surface area contributed by atoms with Gasteiger partial charge in [0.05, 0.1) is 6.26 Å². The third-order valence-electron chi connectivity index (χ3n) is 9.79. The van der Waals surface area contributed by atoms with Crippen LogP contribution in [0.5, 0.6) is 11.5 Å². The van der Waals surface area contributed by atoms with Gasteiger partial charge in [0.25, 0.3) is 0 Å². The van der Waals surface area contributed by atoms with Gasteiger partial charge in [-0.25, -0.2) is 8.42 Å². The molecule has 2 heterocycles. The zero-order chi connectivity index (χ0) is 32.8. The second-order valence-electron chi connectivity index (χ2n) is 13.5. The van der Waals surface area contributed by atoms with E-state index in [4.69, 9.17) is 4.74 Å². The number of amides is 2. The summed E-state index contributed by atoms with van der Waals surface area (Å²) in [5.74, 6) is 2.03. The molecular weight excluding hydrogens is 648 g/mol. The maximum Gasteiger partial charge on any atom is 0.246 e. The number of sulfonamides is 1. The van der Waals surface area contributed by atoms with Crippen LogP contribution < -0.4 is 14.8 Å². The Kier molecular flexibility index (Phi) is 12.0. The van der Waals surface area contributed by atoms with Gasteiger partial charge in [-0.1, -0.05) is 74.6 Å². The lowest BCUT2D eigenvalue weighted by atomic mass is 9.82. The highest BCUT2D eigenvalue weighted by molar-refractivity contribution is 7.92. The molecule has 1 aliphatic carbocycles. The second-order valence-corrected chi connectivity index (χ2v) is 15.2. The van der Waals surface area contributed by atoms with Gasteiger partial charge in [0, 0.05) is 18.8 Å². The SMILES string of the molecule is CS(=O)(=O)Nc1ccc(Oc2ccc(CN3CCC(C4C(=O)N[C@@H](CC5CCCCC5)C(=O)N4Cc4ccccc4)CC3)cc2)cc1.Cl. The predicted octanol–water partition coefficient (Wildman–Crippen LogP) is 6.35. The van der Waals surface area contributed by atoms with E-state index in [1.54, 1.807) is 24.3 Å². The number of likely N-dealkylation sites (tertiary alicyclic amines) is 1. The monoisotopic (exact) mass is 694 g/mol. The Morgan fingerprint density at radius 3 is 2.02 bits per heavy atom. The summed E-state index contributed by atoms with van der Waals surface area (Å²) in [7, 11) is -3.33. The molecule has 48 heavy (non-hydrogen) atoms. The fourth-order valence-electron chi connectivity index (χ4n) is 7.43. The number of halogens is 1. The number of rotatable bonds is 11. The first-order chi connectivity index (χ1) is 22.7. The van der Waals surface area contributed by atoms with Crippen LogP contribution in [0.4, 0.5) is 5.69 Å². The molecule has 1 unspecified atom stereocenters. The molecule has 0 spiro atoms. The summed E-state index contributed by atoms with van der Waals surface area (Å²) in [6.45, 7) is 2.99. The van der Waals surface area contributed by atoms with E-state index in [9.17, 15) is 18.0 Å². The second kappa shape index (κ2) is 16.2. The maximum atomic E-state index is 14.0. The molecule has 2 amide bonds. The highest BCUT2D eigenvalue weighted by Crippen LogP contribution is 2.33. The van der Waals surface area contributed by atoms with Crippen molar-refractivity contribution in [1.82, 2.24) is 15.1 Å². The van der Waals surface area contributed by atoms with Gasteiger partial charge in [0.15, 0.2) is 0 Å². The number of carbonyl (C=O) groups excluding carboxylic acids is 2. The number of benzene rings is 3. The molecule has 3 aliphatic rings. The fourth-order valence-corrected chi connectivity index (χ4v) is 7.99. The quantitative estimate of drug-likeness (QED) is 0.242. The van der Waals surface area contributed by atoms with E-state index in [0.29, 0.717) is 29.6 Å². The van der Waals surface area contributed by atoms with Crippen LogP contribution in [0, 0.1) is 11.8 Å². The Morgan fingerprint density at radius 2 is 1.40 bits per heavy atom. The van der Waals surface area contributed by atoms with Crippen molar-refractivity contribution in [2.24, 2.45) is 11.8 Å². The van der Waals surface area contributed by atoms with Gasteiger partial charge in [-0.15, -0.1) is 12.4 Å². The van der Waals surface area contributed by atoms with Crippen molar-refractivity contribution in [3.8, 4) is 11.5 Å². The van der Waals surface area contributed by atoms with Crippen molar-refractivity contribution in [1.29, 1.82) is 0 Å². The molecule has 258 valence electrons. The fraction of sp³-hybridized carbons (Fsp3) is 0.459. The molecule has 2 saturated heterocycles. The third-order valence-corrected chi connectivity index (χ3v) is 10.4. The number of piperidine rings is 1. The largest absolute Gasteiger partial charge is 0.457 e. The Hall–Kier alpha value is -3.60. The average Bonchev–Trinajstić information content (AvgIpc) is 3.06. The first kappa shape index (κ1) is 35.7. The lowest BCUT2D eigenvalue weighted by Crippen LogP contribution is -2.65. The molecule has 3 aromatic rings. The van der Waals surface area contributed by atoms with E-state index in [0.717, 1.165) is 63.6 Å². The normalized spacial score (nSPS) is 21.3. The molecule has 0 radical (unpaired) electrons. The summed E-state index contributed by atoms with van der Waals surface area (Å²) in [5.41, 5.74) is 2.71. The summed E-state index contributed by atoms with van der Waals surface area (Å²) < 4.78 is 31.3. The van der Waals surface area contributed by atoms with Gasteiger partial charge in [0.2, 0.25) is 21.8 Å². The van der Waals surface area contributed by atoms with Gasteiger partial charge in [-0.05, 0) is 91.7 Å². The highest BCUT2D eigenvalue weighted by atomic mass is 35.5. The first-order valence-corrected chi connectivity index (χ1v) is 18.8. The van der Waals surface area contributed by atoms with Gasteiger partial charge in [-0.3, -0.25) is 19.2 Å². The molecule has 0 aromatic heterocycles. The Morgan fingerprint density at radius 1 is 0.792 bits per heavy atom. The van der Waals surface area contributed by atoms with Crippen LogP contribution in [0.2, 0.25) is 0 Å². The number of anilines is 1. The highest BCUT2D eigenvalue weighted by Gasteiger charge is 2.45. The van der Waals surface area contributed by atoms with Crippen LogP contribution in [0.1, 0.15) is 62.5 Å². The van der Waals surface area contributed by atoms with E-state index < -0.39 is 22.1 Å². The molecule has 1 saturated carbocycles. The van der Waals surface area contributed by atoms with Crippen LogP contribution in [-0.2, 0) is 32.7 Å². The van der Waals surface area contributed by atoms with Gasteiger partial charge >= 0.3 is 0 Å². The van der Waals surface area contributed by atoms with E-state index in [1.807, 2.05) is 47.4 Å². The van der Waals surface area contributed by atoms with Gasteiger partial charge in [-0.2, -0.15) is 0 Å². The van der Waals surface area contributed by atoms with Crippen LogP contribution in [-0.4, -0.2) is 61.5 Å². The number of nitrogens with one attached hydrogen (secondary N) is 2. The Bertz CT molecular complexity index is 1610. The average molecular weight is 695 g/mol. The zero-order valence-electron chi connectivity index (χ0n) is 27.6. The van der Waals surface area contributed by atoms with Crippen molar-refractivity contribution < 1.29 is 22.7 Å². The third kappa shape index (κ3) is 9.51. The van der Waals surface area contributed by atoms with Crippen LogP contribution in [0.3, 0.4) is 0 Å². The number of carbonyl (C=O) groups is 2. The number of hydrogen-bond donors (Lipinski definition) is 2. The van der Waals surface area contributed by atoms with Crippen molar-refractivity contribution in [2.75, 3.05) is 24.1 Å². The minimum atomic E-state index is -3.33. The van der Waals surface area contributed by atoms with Crippen LogP contribution >= 0.6 is 12.4 Å². The van der Waals surface area contributed by atoms with E-state index >= 15 is 0 Å². The van der Waals surface area contributed by atoms with Gasteiger partial charge in [0.1, 0.15) is 23.6 Å². The molecule has 2 N–H and O–H groups in total. The summed E-state index contributed by atoms with van der Waals surface area (Å²) >= 11 is 0. The van der Waals surface area contributed by atoms with Crippen molar-refractivity contribution in [3.05, 3.63) is 90.0 Å². The molecule has 2 aliphatic heterocycles. The molecule has 0 bridgehead atoms. The Balaban J connectivity index is 0.00000451. The Labute approximate surface area is 290 Å². The standard InChI is InChI=1S/C37H46N4O5S.ClH/c1-47(44,45)39-31-14-18-33(19-15-31)46-32-16-12-29(13-17-32)25-40-22-20-30(21-23-40)35-36(42)38-34(24-27-8-4-2-5-9-27)37(43)41(35)26-28-10-6-3-7-11-28;/h3,6-7,10-19,27,30,34-35,39H,2,4-5,8-9,20-26H2,1H3,(H,38,42);1H/t34-,35?;/m0./s1. The molecule has 3 aromatic carbocycles. The minimum Gasteiger partial charge on any atom is -0.457 e. The topological polar surface area (TPSA) is 108 Å². The molecule has 11 heteroatoms. The zero-order valence-corrected chi connectivity index (χ0v) is 29.2.